The van der Waals surface area contributed by atoms with Crippen molar-refractivity contribution in [2.24, 2.45) is 17.8 Å². The molecule has 2 unspecified atom stereocenters. The first-order chi connectivity index (χ1) is 10.1. The molecule has 3 N–H and O–H groups in total. The van der Waals surface area contributed by atoms with E-state index in [4.69, 9.17) is 9.84 Å². The molecule has 0 spiro atoms. The molecule has 0 radical (unpaired) electrons. The monoisotopic (exact) mass is 298 g/mol. The highest BCUT2D eigenvalue weighted by molar-refractivity contribution is 5.74. The van der Waals surface area contributed by atoms with Crippen LogP contribution in [0.15, 0.2) is 0 Å². The van der Waals surface area contributed by atoms with Gasteiger partial charge in [0.05, 0.1) is 5.92 Å². The summed E-state index contributed by atoms with van der Waals surface area (Å²) in [5, 5.41) is 14.9. The molecule has 0 aromatic carbocycles. The number of hydrogen-bond donors (Lipinski definition) is 3. The minimum atomic E-state index is -0.716. The molecular formula is C15H26N2O4. The van der Waals surface area contributed by atoms with E-state index in [0.717, 1.165) is 32.5 Å². The van der Waals surface area contributed by atoms with Gasteiger partial charge in [-0.2, -0.15) is 0 Å². The van der Waals surface area contributed by atoms with Crippen molar-refractivity contribution in [3.05, 3.63) is 0 Å². The summed E-state index contributed by atoms with van der Waals surface area (Å²) in [6.07, 6.45) is 3.79. The van der Waals surface area contributed by atoms with Crippen LogP contribution in [0.3, 0.4) is 0 Å². The molecular weight excluding hydrogens is 272 g/mol. The number of carboxylic acids is 1. The fourth-order valence-corrected chi connectivity index (χ4v) is 3.17. The second kappa shape index (κ2) is 7.64. The van der Waals surface area contributed by atoms with Crippen LogP contribution in [0, 0.1) is 17.8 Å². The number of carbonyl (C=O) groups excluding carboxylic acids is 1. The van der Waals surface area contributed by atoms with Gasteiger partial charge >= 0.3 is 12.0 Å². The predicted octanol–water partition coefficient (Wildman–Crippen LogP) is 1.60. The third-order valence-electron chi connectivity index (χ3n) is 4.75. The molecule has 2 rings (SSSR count). The van der Waals surface area contributed by atoms with Gasteiger partial charge in [-0.3, -0.25) is 4.79 Å². The quantitative estimate of drug-likeness (QED) is 0.735. The molecule has 2 atom stereocenters. The standard InChI is InChI=1S/C15H26N2O4/c1-10-9-21-7-6-12(10)8-16-15(20)17-13-4-2-11(3-5-13)14(18)19/h10-13H,2-9H2,1H3,(H,18,19)(H2,16,17,20). The number of amides is 2. The molecule has 6 heteroatoms. The van der Waals surface area contributed by atoms with Gasteiger partial charge in [0, 0.05) is 25.8 Å². The van der Waals surface area contributed by atoms with E-state index in [9.17, 15) is 9.59 Å². The Hall–Kier alpha value is -1.30. The molecule has 120 valence electrons. The molecule has 1 heterocycles. The van der Waals surface area contributed by atoms with Crippen LogP contribution in [0.25, 0.3) is 0 Å². The number of urea groups is 1. The van der Waals surface area contributed by atoms with Gasteiger partial charge in [0.15, 0.2) is 0 Å². The van der Waals surface area contributed by atoms with Crippen LogP contribution in [0.5, 0.6) is 0 Å². The lowest BCUT2D eigenvalue weighted by Gasteiger charge is -2.30. The Kier molecular flexibility index (Phi) is 5.85. The van der Waals surface area contributed by atoms with Crippen LogP contribution in [0.1, 0.15) is 39.0 Å². The zero-order valence-electron chi connectivity index (χ0n) is 12.6. The molecule has 1 aliphatic heterocycles. The van der Waals surface area contributed by atoms with Crippen LogP contribution in [-0.4, -0.2) is 42.9 Å². The Bertz CT molecular complexity index is 367. The summed E-state index contributed by atoms with van der Waals surface area (Å²) >= 11 is 0. The van der Waals surface area contributed by atoms with Gasteiger partial charge < -0.3 is 20.5 Å². The number of nitrogens with one attached hydrogen (secondary N) is 2. The number of carboxylic acid groups (broad SMARTS) is 1. The van der Waals surface area contributed by atoms with E-state index in [2.05, 4.69) is 17.6 Å². The largest absolute Gasteiger partial charge is 0.481 e. The van der Waals surface area contributed by atoms with Crippen molar-refractivity contribution in [1.82, 2.24) is 10.6 Å². The highest BCUT2D eigenvalue weighted by atomic mass is 16.5. The van der Waals surface area contributed by atoms with Gasteiger partial charge in [0.2, 0.25) is 0 Å². The third kappa shape index (κ3) is 4.88. The van der Waals surface area contributed by atoms with Gasteiger partial charge in [-0.05, 0) is 43.9 Å². The topological polar surface area (TPSA) is 87.7 Å². The zero-order valence-corrected chi connectivity index (χ0v) is 12.6. The summed E-state index contributed by atoms with van der Waals surface area (Å²) in [5.74, 6) is -0.00194. The average Bonchev–Trinajstić information content (AvgIpc) is 2.47. The van der Waals surface area contributed by atoms with Gasteiger partial charge in [-0.25, -0.2) is 4.79 Å². The van der Waals surface area contributed by atoms with Crippen LogP contribution in [-0.2, 0) is 9.53 Å². The number of carbonyl (C=O) groups is 2. The summed E-state index contributed by atoms with van der Waals surface area (Å²) in [5.41, 5.74) is 0. The summed E-state index contributed by atoms with van der Waals surface area (Å²) in [6, 6.07) is -0.0276. The summed E-state index contributed by atoms with van der Waals surface area (Å²) < 4.78 is 5.39. The van der Waals surface area contributed by atoms with Crippen molar-refractivity contribution < 1.29 is 19.4 Å². The fourth-order valence-electron chi connectivity index (χ4n) is 3.17. The van der Waals surface area contributed by atoms with Crippen LogP contribution >= 0.6 is 0 Å². The highest BCUT2D eigenvalue weighted by Gasteiger charge is 2.27. The fraction of sp³-hybridized carbons (Fsp3) is 0.867. The Morgan fingerprint density at radius 2 is 1.90 bits per heavy atom. The minimum absolute atomic E-state index is 0.104. The normalized spacial score (nSPS) is 33.2. The van der Waals surface area contributed by atoms with Crippen molar-refractivity contribution in [3.63, 3.8) is 0 Å². The maximum absolute atomic E-state index is 11.9. The highest BCUT2D eigenvalue weighted by Crippen LogP contribution is 2.24. The molecule has 0 aromatic heterocycles. The van der Waals surface area contributed by atoms with E-state index in [1.807, 2.05) is 0 Å². The van der Waals surface area contributed by atoms with Gasteiger partial charge in [0.1, 0.15) is 0 Å². The summed E-state index contributed by atoms with van der Waals surface area (Å²) in [6.45, 7) is 4.38. The SMILES string of the molecule is CC1COCCC1CNC(=O)NC1CCC(C(=O)O)CC1. The molecule has 6 nitrogen and oxygen atoms in total. The molecule has 0 bridgehead atoms. The second-order valence-electron chi connectivity index (χ2n) is 6.34. The van der Waals surface area contributed by atoms with Crippen molar-refractivity contribution in [2.45, 2.75) is 45.1 Å². The molecule has 2 aliphatic rings. The smallest absolute Gasteiger partial charge is 0.315 e. The van der Waals surface area contributed by atoms with Crippen molar-refractivity contribution >= 4 is 12.0 Å². The van der Waals surface area contributed by atoms with Crippen molar-refractivity contribution in [2.75, 3.05) is 19.8 Å². The lowest BCUT2D eigenvalue weighted by molar-refractivity contribution is -0.142. The Labute approximate surface area is 125 Å². The molecule has 1 saturated carbocycles. The Morgan fingerprint density at radius 3 is 2.52 bits per heavy atom. The molecule has 2 amide bonds. The van der Waals surface area contributed by atoms with Gasteiger partial charge in [-0.1, -0.05) is 6.92 Å². The third-order valence-corrected chi connectivity index (χ3v) is 4.75. The van der Waals surface area contributed by atoms with Crippen LogP contribution < -0.4 is 10.6 Å². The first-order valence-corrected chi connectivity index (χ1v) is 7.91. The minimum Gasteiger partial charge on any atom is -0.481 e. The first kappa shape index (κ1) is 16.1. The van der Waals surface area contributed by atoms with E-state index >= 15 is 0 Å². The molecule has 1 saturated heterocycles. The number of aliphatic carboxylic acids is 1. The zero-order chi connectivity index (χ0) is 15.2. The van der Waals surface area contributed by atoms with E-state index in [0.29, 0.717) is 31.2 Å². The van der Waals surface area contributed by atoms with Crippen molar-refractivity contribution in [1.29, 1.82) is 0 Å². The average molecular weight is 298 g/mol. The van der Waals surface area contributed by atoms with Crippen molar-refractivity contribution in [3.8, 4) is 0 Å². The summed E-state index contributed by atoms with van der Waals surface area (Å²) in [4.78, 5) is 22.8. The van der Waals surface area contributed by atoms with E-state index in [1.165, 1.54) is 0 Å². The molecule has 1 aliphatic carbocycles. The number of ether oxygens (including phenoxy) is 1. The number of hydrogen-bond acceptors (Lipinski definition) is 3. The molecule has 21 heavy (non-hydrogen) atoms. The first-order valence-electron chi connectivity index (χ1n) is 7.91. The van der Waals surface area contributed by atoms with Gasteiger partial charge in [-0.15, -0.1) is 0 Å². The maximum atomic E-state index is 11.9. The lowest BCUT2D eigenvalue weighted by Crippen LogP contribution is -2.46. The predicted molar refractivity (Wildman–Crippen MR) is 78.0 cm³/mol. The lowest BCUT2D eigenvalue weighted by atomic mass is 9.86. The molecule has 0 aromatic rings. The Morgan fingerprint density at radius 1 is 1.19 bits per heavy atom. The number of rotatable bonds is 4. The van der Waals surface area contributed by atoms with E-state index in [-0.39, 0.29) is 18.0 Å². The van der Waals surface area contributed by atoms with Gasteiger partial charge in [0.25, 0.3) is 0 Å². The van der Waals surface area contributed by atoms with E-state index in [1.54, 1.807) is 0 Å². The maximum Gasteiger partial charge on any atom is 0.315 e. The second-order valence-corrected chi connectivity index (χ2v) is 6.34. The Balaban J connectivity index is 1.64. The summed E-state index contributed by atoms with van der Waals surface area (Å²) in [7, 11) is 0. The van der Waals surface area contributed by atoms with Crippen LogP contribution in [0.2, 0.25) is 0 Å². The van der Waals surface area contributed by atoms with E-state index < -0.39 is 5.97 Å². The van der Waals surface area contributed by atoms with Crippen LogP contribution in [0.4, 0.5) is 4.79 Å². The molecule has 2 fully saturated rings.